The maximum absolute atomic E-state index is 10.6. The molecule has 0 aliphatic heterocycles. The molecule has 1 atom stereocenters. The second-order valence-corrected chi connectivity index (χ2v) is 5.02. The van der Waals surface area contributed by atoms with Gasteiger partial charge >= 0.3 is 0 Å². The smallest absolute Gasteiger partial charge is 0.274 e. The van der Waals surface area contributed by atoms with Gasteiger partial charge in [0.05, 0.1) is 11.0 Å². The lowest BCUT2D eigenvalue weighted by Crippen LogP contribution is -2.18. The molecule has 0 aliphatic carbocycles. The van der Waals surface area contributed by atoms with Crippen LogP contribution in [0.25, 0.3) is 0 Å². The highest BCUT2D eigenvalue weighted by molar-refractivity contribution is 7.09. The van der Waals surface area contributed by atoms with Gasteiger partial charge in [0.1, 0.15) is 5.82 Å². The lowest BCUT2D eigenvalue weighted by Gasteiger charge is -2.13. The number of aromatic nitrogens is 1. The van der Waals surface area contributed by atoms with Crippen LogP contribution in [-0.2, 0) is 6.42 Å². The summed E-state index contributed by atoms with van der Waals surface area (Å²) in [5.41, 5.74) is 0.0517. The van der Waals surface area contributed by atoms with Crippen molar-refractivity contribution in [2.45, 2.75) is 19.4 Å². The summed E-state index contributed by atoms with van der Waals surface area (Å²) in [6, 6.07) is 7.10. The van der Waals surface area contributed by atoms with Gasteiger partial charge in [-0.2, -0.15) is 0 Å². The third kappa shape index (κ3) is 3.27. The Balaban J connectivity index is 2.00. The van der Waals surface area contributed by atoms with Gasteiger partial charge in [-0.25, -0.2) is 4.98 Å². The second kappa shape index (κ2) is 5.59. The number of thiophene rings is 1. The summed E-state index contributed by atoms with van der Waals surface area (Å²) in [6.07, 6.45) is 2.32. The van der Waals surface area contributed by atoms with Crippen molar-refractivity contribution >= 4 is 22.8 Å². The molecule has 0 radical (unpaired) electrons. The number of nitro groups is 1. The molecule has 0 aliphatic rings. The molecule has 2 aromatic rings. The number of rotatable bonds is 5. The van der Waals surface area contributed by atoms with Crippen LogP contribution >= 0.6 is 11.3 Å². The van der Waals surface area contributed by atoms with E-state index in [9.17, 15) is 10.1 Å². The Bertz CT molecular complexity index is 528. The first kappa shape index (κ1) is 12.5. The summed E-state index contributed by atoms with van der Waals surface area (Å²) in [5, 5.41) is 15.8. The standard InChI is InChI=1S/C12H13N3O2S/c1-9(7-11-3-2-6-18-11)14-12-8-10(15(16)17)4-5-13-12/h2-6,8-9H,7H2,1H3,(H,13,14). The van der Waals surface area contributed by atoms with Crippen molar-refractivity contribution in [3.05, 3.63) is 50.8 Å². The molecule has 2 heterocycles. The Morgan fingerprint density at radius 2 is 2.39 bits per heavy atom. The highest BCUT2D eigenvalue weighted by atomic mass is 32.1. The van der Waals surface area contributed by atoms with Crippen LogP contribution < -0.4 is 5.32 Å². The highest BCUT2D eigenvalue weighted by Crippen LogP contribution is 2.17. The predicted octanol–water partition coefficient (Wildman–Crippen LogP) is 3.09. The monoisotopic (exact) mass is 263 g/mol. The fourth-order valence-corrected chi connectivity index (χ4v) is 2.48. The Kier molecular flexibility index (Phi) is 3.88. The van der Waals surface area contributed by atoms with E-state index in [1.54, 1.807) is 11.3 Å². The van der Waals surface area contributed by atoms with E-state index in [4.69, 9.17) is 0 Å². The first-order chi connectivity index (χ1) is 8.65. The van der Waals surface area contributed by atoms with E-state index in [1.165, 1.54) is 23.2 Å². The van der Waals surface area contributed by atoms with Crippen LogP contribution in [0.1, 0.15) is 11.8 Å². The van der Waals surface area contributed by atoms with Crippen molar-refractivity contribution in [1.82, 2.24) is 4.98 Å². The molecular weight excluding hydrogens is 250 g/mol. The van der Waals surface area contributed by atoms with E-state index in [0.717, 1.165) is 6.42 Å². The number of pyridine rings is 1. The largest absolute Gasteiger partial charge is 0.367 e. The molecule has 0 aromatic carbocycles. The fourth-order valence-electron chi connectivity index (χ4n) is 1.65. The minimum atomic E-state index is -0.420. The van der Waals surface area contributed by atoms with Crippen molar-refractivity contribution in [1.29, 1.82) is 0 Å². The maximum atomic E-state index is 10.6. The average Bonchev–Trinajstić information content (AvgIpc) is 2.82. The van der Waals surface area contributed by atoms with Gasteiger partial charge in [-0.15, -0.1) is 11.3 Å². The summed E-state index contributed by atoms with van der Waals surface area (Å²) < 4.78 is 0. The number of nitrogens with zero attached hydrogens (tertiary/aromatic N) is 2. The van der Waals surface area contributed by atoms with Crippen molar-refractivity contribution in [2.24, 2.45) is 0 Å². The molecule has 0 saturated heterocycles. The van der Waals surface area contributed by atoms with Crippen molar-refractivity contribution < 1.29 is 4.92 Å². The van der Waals surface area contributed by atoms with E-state index >= 15 is 0 Å². The van der Waals surface area contributed by atoms with Gasteiger partial charge in [-0.1, -0.05) is 6.07 Å². The number of anilines is 1. The molecule has 2 aromatic heterocycles. The molecular formula is C12H13N3O2S. The molecule has 6 heteroatoms. The van der Waals surface area contributed by atoms with Crippen molar-refractivity contribution in [2.75, 3.05) is 5.32 Å². The first-order valence-electron chi connectivity index (χ1n) is 5.54. The van der Waals surface area contributed by atoms with Crippen LogP contribution in [0, 0.1) is 10.1 Å². The van der Waals surface area contributed by atoms with Gasteiger partial charge in [-0.05, 0) is 18.4 Å². The topological polar surface area (TPSA) is 68.1 Å². The molecule has 18 heavy (non-hydrogen) atoms. The van der Waals surface area contributed by atoms with Gasteiger partial charge in [0.25, 0.3) is 5.69 Å². The molecule has 1 N–H and O–H groups in total. The van der Waals surface area contributed by atoms with Crippen LogP contribution in [-0.4, -0.2) is 15.9 Å². The van der Waals surface area contributed by atoms with Crippen LogP contribution in [0.5, 0.6) is 0 Å². The summed E-state index contributed by atoms with van der Waals surface area (Å²) in [5.74, 6) is 0.535. The lowest BCUT2D eigenvalue weighted by atomic mass is 10.2. The number of nitrogens with one attached hydrogen (secondary N) is 1. The predicted molar refractivity (Wildman–Crippen MR) is 72.0 cm³/mol. The fraction of sp³-hybridized carbons (Fsp3) is 0.250. The summed E-state index contributed by atoms with van der Waals surface area (Å²) in [6.45, 7) is 2.03. The maximum Gasteiger partial charge on any atom is 0.274 e. The van der Waals surface area contributed by atoms with Crippen LogP contribution in [0.4, 0.5) is 11.5 Å². The molecule has 0 spiro atoms. The van der Waals surface area contributed by atoms with Crippen molar-refractivity contribution in [3.8, 4) is 0 Å². The average molecular weight is 263 g/mol. The summed E-state index contributed by atoms with van der Waals surface area (Å²) in [4.78, 5) is 15.6. The van der Waals surface area contributed by atoms with Gasteiger partial charge in [0.2, 0.25) is 0 Å². The lowest BCUT2D eigenvalue weighted by molar-refractivity contribution is -0.384. The molecule has 0 amide bonds. The second-order valence-electron chi connectivity index (χ2n) is 3.99. The van der Waals surface area contributed by atoms with Crippen LogP contribution in [0.3, 0.4) is 0 Å². The zero-order valence-electron chi connectivity index (χ0n) is 9.87. The first-order valence-corrected chi connectivity index (χ1v) is 6.42. The Morgan fingerprint density at radius 1 is 1.56 bits per heavy atom. The van der Waals surface area contributed by atoms with Gasteiger partial charge in [-0.3, -0.25) is 10.1 Å². The SMILES string of the molecule is CC(Cc1cccs1)Nc1cc([N+](=O)[O-])ccn1. The third-order valence-electron chi connectivity index (χ3n) is 2.44. The highest BCUT2D eigenvalue weighted by Gasteiger charge is 2.09. The summed E-state index contributed by atoms with van der Waals surface area (Å²) in [7, 11) is 0. The third-order valence-corrected chi connectivity index (χ3v) is 3.33. The summed E-state index contributed by atoms with van der Waals surface area (Å²) >= 11 is 1.70. The number of hydrogen-bond acceptors (Lipinski definition) is 5. The molecule has 2 rings (SSSR count). The Hall–Kier alpha value is -1.95. The number of hydrogen-bond donors (Lipinski definition) is 1. The molecule has 5 nitrogen and oxygen atoms in total. The minimum Gasteiger partial charge on any atom is -0.367 e. The molecule has 0 saturated carbocycles. The van der Waals surface area contributed by atoms with Gasteiger partial charge in [0.15, 0.2) is 0 Å². The molecule has 0 bridgehead atoms. The minimum absolute atomic E-state index is 0.0517. The van der Waals surface area contributed by atoms with E-state index in [1.807, 2.05) is 18.4 Å². The van der Waals surface area contributed by atoms with Crippen LogP contribution in [0.15, 0.2) is 35.8 Å². The zero-order chi connectivity index (χ0) is 13.0. The van der Waals surface area contributed by atoms with E-state index in [2.05, 4.69) is 16.4 Å². The normalized spacial score (nSPS) is 12.1. The quantitative estimate of drug-likeness (QED) is 0.665. The van der Waals surface area contributed by atoms with Gasteiger partial charge in [0, 0.05) is 29.6 Å². The van der Waals surface area contributed by atoms with E-state index in [-0.39, 0.29) is 11.7 Å². The Labute approximate surface area is 109 Å². The molecule has 0 fully saturated rings. The molecule has 94 valence electrons. The zero-order valence-corrected chi connectivity index (χ0v) is 10.7. The van der Waals surface area contributed by atoms with Gasteiger partial charge < -0.3 is 5.32 Å². The Morgan fingerprint density at radius 3 is 3.06 bits per heavy atom. The van der Waals surface area contributed by atoms with Crippen LogP contribution in [0.2, 0.25) is 0 Å². The van der Waals surface area contributed by atoms with E-state index in [0.29, 0.717) is 5.82 Å². The van der Waals surface area contributed by atoms with E-state index < -0.39 is 4.92 Å². The molecule has 1 unspecified atom stereocenters. The van der Waals surface area contributed by atoms with Crippen molar-refractivity contribution in [3.63, 3.8) is 0 Å².